The average Bonchev–Trinajstić information content (AvgIpc) is 3.06. The van der Waals surface area contributed by atoms with Crippen LogP contribution in [-0.4, -0.2) is 34.5 Å². The monoisotopic (exact) mass is 353 g/mol. The normalized spacial score (nSPS) is 11.5. The number of pyridine rings is 1. The van der Waals surface area contributed by atoms with Crippen molar-refractivity contribution in [3.05, 3.63) is 53.9 Å². The summed E-state index contributed by atoms with van der Waals surface area (Å²) in [5, 5.41) is 5.27. The molecule has 0 aliphatic carbocycles. The standard InChI is InChI=1S/C20H23N3O3/c1-5-26-19(24)20(2,3)23-18-16(13-22-23)11-15(12-21-18)10-14-6-8-17(25-4)9-7-14/h6-9,11-13H,5,10H2,1-4H3. The maximum Gasteiger partial charge on any atom is 0.333 e. The second kappa shape index (κ2) is 7.15. The predicted molar refractivity (Wildman–Crippen MR) is 99.3 cm³/mol. The van der Waals surface area contributed by atoms with Crippen molar-refractivity contribution in [2.75, 3.05) is 13.7 Å². The molecule has 2 heterocycles. The number of nitrogens with zero attached hydrogens (tertiary/aromatic N) is 3. The van der Waals surface area contributed by atoms with E-state index in [-0.39, 0.29) is 5.97 Å². The quantitative estimate of drug-likeness (QED) is 0.636. The number of hydrogen-bond donors (Lipinski definition) is 0. The molecule has 0 amide bonds. The fraction of sp³-hybridized carbons (Fsp3) is 0.350. The number of rotatable bonds is 6. The first-order valence-corrected chi connectivity index (χ1v) is 8.59. The topological polar surface area (TPSA) is 66.2 Å². The van der Waals surface area contributed by atoms with Crippen molar-refractivity contribution < 1.29 is 14.3 Å². The second-order valence-electron chi connectivity index (χ2n) is 6.62. The summed E-state index contributed by atoms with van der Waals surface area (Å²) in [7, 11) is 1.66. The van der Waals surface area contributed by atoms with E-state index in [0.29, 0.717) is 12.3 Å². The van der Waals surface area contributed by atoms with Crippen LogP contribution < -0.4 is 4.74 Å². The SMILES string of the molecule is CCOC(=O)C(C)(C)n1ncc2cc(Cc3ccc(OC)cc3)cnc21. The van der Waals surface area contributed by atoms with Crippen molar-refractivity contribution in [1.82, 2.24) is 14.8 Å². The Morgan fingerprint density at radius 3 is 2.54 bits per heavy atom. The number of fused-ring (bicyclic) bond motifs is 1. The van der Waals surface area contributed by atoms with Gasteiger partial charge < -0.3 is 9.47 Å². The van der Waals surface area contributed by atoms with E-state index in [9.17, 15) is 4.79 Å². The highest BCUT2D eigenvalue weighted by Crippen LogP contribution is 2.24. The average molecular weight is 353 g/mol. The Hall–Kier alpha value is -2.89. The van der Waals surface area contributed by atoms with E-state index in [4.69, 9.17) is 9.47 Å². The number of ether oxygens (including phenoxy) is 2. The number of carbonyl (C=O) groups excluding carboxylic acids is 1. The van der Waals surface area contributed by atoms with Crippen molar-refractivity contribution in [1.29, 1.82) is 0 Å². The van der Waals surface area contributed by atoms with Crippen LogP contribution in [-0.2, 0) is 21.5 Å². The number of benzene rings is 1. The minimum absolute atomic E-state index is 0.325. The number of carbonyl (C=O) groups is 1. The minimum atomic E-state index is -0.914. The summed E-state index contributed by atoms with van der Waals surface area (Å²) in [5.41, 5.74) is 2.01. The summed E-state index contributed by atoms with van der Waals surface area (Å²) in [6.45, 7) is 5.69. The molecule has 3 rings (SSSR count). The van der Waals surface area contributed by atoms with Crippen LogP contribution in [0.15, 0.2) is 42.7 Å². The van der Waals surface area contributed by atoms with Gasteiger partial charge in [-0.2, -0.15) is 5.10 Å². The van der Waals surface area contributed by atoms with Crippen molar-refractivity contribution in [2.24, 2.45) is 0 Å². The molecule has 26 heavy (non-hydrogen) atoms. The Labute approximate surface area is 152 Å². The highest BCUT2D eigenvalue weighted by Gasteiger charge is 2.34. The summed E-state index contributed by atoms with van der Waals surface area (Å²) >= 11 is 0. The molecular formula is C20H23N3O3. The van der Waals surface area contributed by atoms with E-state index in [1.54, 1.807) is 38.8 Å². The van der Waals surface area contributed by atoms with Crippen LogP contribution >= 0.6 is 0 Å². The Bertz CT molecular complexity index is 914. The van der Waals surface area contributed by atoms with Crippen molar-refractivity contribution >= 4 is 17.0 Å². The molecule has 1 aromatic carbocycles. The van der Waals surface area contributed by atoms with Gasteiger partial charge in [0.1, 0.15) is 5.75 Å². The number of hydrogen-bond acceptors (Lipinski definition) is 5. The number of aromatic nitrogens is 3. The maximum absolute atomic E-state index is 12.2. The molecule has 0 spiro atoms. The molecule has 0 saturated carbocycles. The third-order valence-corrected chi connectivity index (χ3v) is 4.34. The Morgan fingerprint density at radius 2 is 1.88 bits per heavy atom. The maximum atomic E-state index is 12.2. The van der Waals surface area contributed by atoms with Crippen molar-refractivity contribution in [2.45, 2.75) is 32.7 Å². The third-order valence-electron chi connectivity index (χ3n) is 4.34. The van der Waals surface area contributed by atoms with Gasteiger partial charge in [-0.05, 0) is 56.5 Å². The number of esters is 1. The summed E-state index contributed by atoms with van der Waals surface area (Å²) in [5.74, 6) is 0.513. The zero-order valence-corrected chi connectivity index (χ0v) is 15.5. The molecule has 3 aromatic rings. The summed E-state index contributed by atoms with van der Waals surface area (Å²) in [4.78, 5) is 16.8. The third kappa shape index (κ3) is 3.40. The lowest BCUT2D eigenvalue weighted by atomic mass is 10.1. The highest BCUT2D eigenvalue weighted by atomic mass is 16.5. The molecular weight excluding hydrogens is 330 g/mol. The Kier molecular flexibility index (Phi) is 4.93. The van der Waals surface area contributed by atoms with E-state index in [1.165, 1.54) is 5.56 Å². The van der Waals surface area contributed by atoms with Gasteiger partial charge in [0.05, 0.1) is 19.9 Å². The first-order valence-electron chi connectivity index (χ1n) is 8.59. The van der Waals surface area contributed by atoms with Crippen LogP contribution in [0.3, 0.4) is 0 Å². The molecule has 0 aliphatic rings. The Balaban J connectivity index is 1.87. The van der Waals surface area contributed by atoms with Crippen LogP contribution in [0.25, 0.3) is 11.0 Å². The molecule has 0 radical (unpaired) electrons. The minimum Gasteiger partial charge on any atom is -0.497 e. The first kappa shape index (κ1) is 17.9. The van der Waals surface area contributed by atoms with Crippen LogP contribution in [0.1, 0.15) is 31.9 Å². The zero-order chi connectivity index (χ0) is 18.7. The van der Waals surface area contributed by atoms with Crippen molar-refractivity contribution in [3.63, 3.8) is 0 Å². The van der Waals surface area contributed by atoms with Gasteiger partial charge in [0, 0.05) is 11.6 Å². The van der Waals surface area contributed by atoms with Gasteiger partial charge in [0.2, 0.25) is 0 Å². The smallest absolute Gasteiger partial charge is 0.333 e. The van der Waals surface area contributed by atoms with Gasteiger partial charge >= 0.3 is 5.97 Å². The molecule has 136 valence electrons. The summed E-state index contributed by atoms with van der Waals surface area (Å²) in [6.07, 6.45) is 4.33. The first-order chi connectivity index (χ1) is 12.5. The van der Waals surface area contributed by atoms with E-state index in [2.05, 4.69) is 16.1 Å². The van der Waals surface area contributed by atoms with Crippen LogP contribution in [0.4, 0.5) is 0 Å². The molecule has 0 N–H and O–H groups in total. The van der Waals surface area contributed by atoms with E-state index in [1.807, 2.05) is 30.5 Å². The molecule has 6 nitrogen and oxygen atoms in total. The fourth-order valence-corrected chi connectivity index (χ4v) is 2.85. The van der Waals surface area contributed by atoms with Gasteiger partial charge in [0.25, 0.3) is 0 Å². The molecule has 0 atom stereocenters. The predicted octanol–water partition coefficient (Wildman–Crippen LogP) is 3.33. The van der Waals surface area contributed by atoms with E-state index < -0.39 is 5.54 Å². The van der Waals surface area contributed by atoms with Gasteiger partial charge in [-0.25, -0.2) is 14.5 Å². The van der Waals surface area contributed by atoms with E-state index >= 15 is 0 Å². The molecule has 0 unspecified atom stereocenters. The molecule has 6 heteroatoms. The van der Waals surface area contributed by atoms with Crippen LogP contribution in [0.2, 0.25) is 0 Å². The highest BCUT2D eigenvalue weighted by molar-refractivity contribution is 5.82. The zero-order valence-electron chi connectivity index (χ0n) is 15.5. The summed E-state index contributed by atoms with van der Waals surface area (Å²) in [6, 6.07) is 10.0. The molecule has 0 fully saturated rings. The molecule has 0 bridgehead atoms. The number of methoxy groups -OCH3 is 1. The van der Waals surface area contributed by atoms with Crippen LogP contribution in [0.5, 0.6) is 5.75 Å². The lowest BCUT2D eigenvalue weighted by molar-refractivity contribution is -0.152. The van der Waals surface area contributed by atoms with Gasteiger partial charge in [0.15, 0.2) is 11.2 Å². The van der Waals surface area contributed by atoms with Gasteiger partial charge in [-0.3, -0.25) is 0 Å². The largest absolute Gasteiger partial charge is 0.497 e. The van der Waals surface area contributed by atoms with Crippen LogP contribution in [0, 0.1) is 0 Å². The molecule has 0 saturated heterocycles. The molecule has 2 aromatic heterocycles. The lowest BCUT2D eigenvalue weighted by Gasteiger charge is -2.23. The van der Waals surface area contributed by atoms with Gasteiger partial charge in [-0.15, -0.1) is 0 Å². The fourth-order valence-electron chi connectivity index (χ4n) is 2.85. The molecule has 0 aliphatic heterocycles. The lowest BCUT2D eigenvalue weighted by Crippen LogP contribution is -2.38. The second-order valence-corrected chi connectivity index (χ2v) is 6.62. The van der Waals surface area contributed by atoms with Gasteiger partial charge in [-0.1, -0.05) is 12.1 Å². The van der Waals surface area contributed by atoms with Crippen molar-refractivity contribution in [3.8, 4) is 5.75 Å². The van der Waals surface area contributed by atoms with E-state index in [0.717, 1.165) is 23.1 Å². The summed E-state index contributed by atoms with van der Waals surface area (Å²) < 4.78 is 12.0. The Morgan fingerprint density at radius 1 is 1.15 bits per heavy atom.